The summed E-state index contributed by atoms with van der Waals surface area (Å²) in [5.74, 6) is 0.0317. The van der Waals surface area contributed by atoms with Crippen LogP contribution in [-0.4, -0.2) is 16.4 Å². The van der Waals surface area contributed by atoms with Gasteiger partial charge in [-0.15, -0.1) is 0 Å². The van der Waals surface area contributed by atoms with Crippen LogP contribution < -0.4 is 5.32 Å². The number of rotatable bonds is 2. The molecule has 2 aliphatic rings. The Kier molecular flexibility index (Phi) is 2.25. The zero-order valence-electron chi connectivity index (χ0n) is 10.2. The zero-order valence-corrected chi connectivity index (χ0v) is 10.2. The van der Waals surface area contributed by atoms with E-state index in [0.717, 1.165) is 19.3 Å². The summed E-state index contributed by atoms with van der Waals surface area (Å²) in [7, 11) is 0. The van der Waals surface area contributed by atoms with Crippen LogP contribution in [0.1, 0.15) is 49.4 Å². The molecule has 2 fully saturated rings. The van der Waals surface area contributed by atoms with Crippen LogP contribution in [0.25, 0.3) is 0 Å². The maximum atomic E-state index is 12.1. The zero-order chi connectivity index (χ0) is 11.9. The minimum Gasteiger partial charge on any atom is -0.347 e. The van der Waals surface area contributed by atoms with Crippen molar-refractivity contribution in [1.29, 1.82) is 0 Å². The average molecular weight is 230 g/mol. The van der Waals surface area contributed by atoms with Gasteiger partial charge < -0.3 is 5.32 Å². The van der Waals surface area contributed by atoms with E-state index in [1.165, 1.54) is 12.8 Å². The summed E-state index contributed by atoms with van der Waals surface area (Å²) in [5.41, 5.74) is 1.21. The normalized spacial score (nSPS) is 34.9. The Morgan fingerprint density at radius 2 is 2.12 bits per heavy atom. The lowest BCUT2D eigenvalue weighted by atomic mass is 9.86. The van der Waals surface area contributed by atoms with Crippen molar-refractivity contribution < 1.29 is 4.79 Å². The van der Waals surface area contributed by atoms with E-state index in [-0.39, 0.29) is 11.4 Å². The Labute approximate surface area is 102 Å². The summed E-state index contributed by atoms with van der Waals surface area (Å²) >= 11 is 0. The van der Waals surface area contributed by atoms with E-state index in [9.17, 15) is 4.79 Å². The molecule has 2 saturated carbocycles. The van der Waals surface area contributed by atoms with Gasteiger partial charge in [-0.25, -0.2) is 0 Å². The van der Waals surface area contributed by atoms with E-state index in [2.05, 4.69) is 17.2 Å². The topological polar surface area (TPSA) is 42.0 Å². The quantitative estimate of drug-likeness (QED) is 0.848. The lowest BCUT2D eigenvalue weighted by Gasteiger charge is -2.28. The fourth-order valence-electron chi connectivity index (χ4n) is 3.48. The molecule has 2 aliphatic carbocycles. The monoisotopic (exact) mass is 230 g/mol. The highest BCUT2D eigenvalue weighted by atomic mass is 16.1. The third kappa shape index (κ3) is 1.84. The molecule has 3 rings (SSSR count). The van der Waals surface area contributed by atoms with Crippen molar-refractivity contribution in [2.75, 3.05) is 0 Å². The van der Waals surface area contributed by atoms with Crippen molar-refractivity contribution in [3.8, 4) is 0 Å². The second kappa shape index (κ2) is 3.56. The first-order chi connectivity index (χ1) is 8.11. The molecule has 0 aliphatic heterocycles. The molecule has 0 aromatic carbocycles. The maximum Gasteiger partial charge on any atom is 0.253 e. The Hall–Kier alpha value is -1.38. The highest BCUT2D eigenvalue weighted by Crippen LogP contribution is 2.56. The van der Waals surface area contributed by atoms with Crippen molar-refractivity contribution in [2.45, 2.75) is 44.6 Å². The van der Waals surface area contributed by atoms with Crippen LogP contribution in [0.3, 0.4) is 0 Å². The van der Waals surface area contributed by atoms with Gasteiger partial charge in [0, 0.05) is 17.9 Å². The number of nitrogens with zero attached hydrogens (tertiary/aromatic N) is 1. The van der Waals surface area contributed by atoms with E-state index >= 15 is 0 Å². The van der Waals surface area contributed by atoms with Gasteiger partial charge in [0.05, 0.1) is 5.56 Å². The first kappa shape index (κ1) is 10.8. The maximum absolute atomic E-state index is 12.1. The van der Waals surface area contributed by atoms with Gasteiger partial charge in [-0.05, 0) is 49.7 Å². The molecule has 1 N–H and O–H groups in total. The van der Waals surface area contributed by atoms with Gasteiger partial charge in [-0.3, -0.25) is 9.78 Å². The summed E-state index contributed by atoms with van der Waals surface area (Å²) < 4.78 is 0. The van der Waals surface area contributed by atoms with E-state index in [4.69, 9.17) is 0 Å². The molecule has 3 heteroatoms. The molecule has 1 aromatic rings. The number of fused-ring (bicyclic) bond motifs is 2. The summed E-state index contributed by atoms with van der Waals surface area (Å²) in [4.78, 5) is 16.1. The van der Waals surface area contributed by atoms with E-state index in [1.807, 2.05) is 6.07 Å². The highest BCUT2D eigenvalue weighted by molar-refractivity contribution is 5.94. The number of nitrogens with one attached hydrogen (secondary N) is 1. The molecule has 0 radical (unpaired) electrons. The minimum atomic E-state index is 0.0317. The van der Waals surface area contributed by atoms with Crippen LogP contribution >= 0.6 is 0 Å². The van der Waals surface area contributed by atoms with Gasteiger partial charge >= 0.3 is 0 Å². The summed E-state index contributed by atoms with van der Waals surface area (Å²) in [5, 5.41) is 3.25. The number of carbonyl (C=O) groups excluding carboxylic acids is 1. The van der Waals surface area contributed by atoms with Crippen molar-refractivity contribution >= 4 is 5.91 Å². The second-order valence-electron chi connectivity index (χ2n) is 5.96. The average Bonchev–Trinajstić information content (AvgIpc) is 2.83. The Bertz CT molecular complexity index is 433. The van der Waals surface area contributed by atoms with Gasteiger partial charge in [-0.2, -0.15) is 0 Å². The van der Waals surface area contributed by atoms with Crippen molar-refractivity contribution in [1.82, 2.24) is 10.3 Å². The van der Waals surface area contributed by atoms with Gasteiger partial charge in [-0.1, -0.05) is 6.92 Å². The van der Waals surface area contributed by atoms with Gasteiger partial charge in [0.2, 0.25) is 0 Å². The van der Waals surface area contributed by atoms with Crippen molar-refractivity contribution in [3.05, 3.63) is 30.1 Å². The number of hydrogen-bond acceptors (Lipinski definition) is 2. The molecule has 3 nitrogen and oxygen atoms in total. The number of amides is 1. The third-order valence-corrected chi connectivity index (χ3v) is 4.48. The van der Waals surface area contributed by atoms with Gasteiger partial charge in [0.15, 0.2) is 0 Å². The van der Waals surface area contributed by atoms with Crippen molar-refractivity contribution in [2.24, 2.45) is 5.41 Å². The fourth-order valence-corrected chi connectivity index (χ4v) is 3.48. The first-order valence-corrected chi connectivity index (χ1v) is 6.34. The number of aromatic nitrogens is 1. The molecule has 1 heterocycles. The Balaban J connectivity index is 1.75. The molecule has 90 valence electrons. The number of hydrogen-bond donors (Lipinski definition) is 1. The van der Waals surface area contributed by atoms with Crippen LogP contribution in [0.4, 0.5) is 0 Å². The van der Waals surface area contributed by atoms with Crippen LogP contribution in [0.2, 0.25) is 0 Å². The molecular weight excluding hydrogens is 212 g/mol. The molecule has 0 unspecified atom stereocenters. The molecular formula is C14H18N2O. The molecule has 0 saturated heterocycles. The first-order valence-electron chi connectivity index (χ1n) is 6.34. The molecule has 1 amide bonds. The summed E-state index contributed by atoms with van der Waals surface area (Å²) in [6, 6.07) is 3.63. The standard InChI is InChI=1S/C14H18N2O/c1-13-4-6-14(10-13,7-5-13)16-12(17)11-3-2-8-15-9-11/h2-3,8-9H,4-7,10H2,1H3,(H,16,17). The van der Waals surface area contributed by atoms with E-state index < -0.39 is 0 Å². The van der Waals surface area contributed by atoms with Crippen LogP contribution in [0.5, 0.6) is 0 Å². The van der Waals surface area contributed by atoms with Gasteiger partial charge in [0.1, 0.15) is 0 Å². The number of pyridine rings is 1. The minimum absolute atomic E-state index is 0.0317. The number of carbonyl (C=O) groups is 1. The fraction of sp³-hybridized carbons (Fsp3) is 0.571. The predicted octanol–water partition coefficient (Wildman–Crippen LogP) is 2.53. The predicted molar refractivity (Wildman–Crippen MR) is 65.6 cm³/mol. The summed E-state index contributed by atoms with van der Waals surface area (Å²) in [6.45, 7) is 2.35. The van der Waals surface area contributed by atoms with Crippen LogP contribution in [0.15, 0.2) is 24.5 Å². The largest absolute Gasteiger partial charge is 0.347 e. The molecule has 17 heavy (non-hydrogen) atoms. The molecule has 0 spiro atoms. The van der Waals surface area contributed by atoms with Gasteiger partial charge in [0.25, 0.3) is 5.91 Å². The second-order valence-corrected chi connectivity index (χ2v) is 5.96. The Morgan fingerprint density at radius 1 is 1.35 bits per heavy atom. The SMILES string of the molecule is CC12CCC(NC(=O)c3cccnc3)(CC1)C2. The van der Waals surface area contributed by atoms with Crippen LogP contribution in [0, 0.1) is 5.41 Å². The van der Waals surface area contributed by atoms with E-state index in [0.29, 0.717) is 11.0 Å². The third-order valence-electron chi connectivity index (χ3n) is 4.48. The van der Waals surface area contributed by atoms with Crippen molar-refractivity contribution in [3.63, 3.8) is 0 Å². The highest BCUT2D eigenvalue weighted by Gasteiger charge is 2.52. The molecule has 2 bridgehead atoms. The molecule has 1 aromatic heterocycles. The smallest absolute Gasteiger partial charge is 0.253 e. The van der Waals surface area contributed by atoms with E-state index in [1.54, 1.807) is 18.5 Å². The summed E-state index contributed by atoms with van der Waals surface area (Å²) in [6.07, 6.45) is 9.24. The lowest BCUT2D eigenvalue weighted by Crippen LogP contribution is -2.45. The Morgan fingerprint density at radius 3 is 2.65 bits per heavy atom. The van der Waals surface area contributed by atoms with Crippen LogP contribution in [-0.2, 0) is 0 Å². The molecule has 0 atom stereocenters. The lowest BCUT2D eigenvalue weighted by molar-refractivity contribution is 0.0900.